The van der Waals surface area contributed by atoms with Crippen molar-refractivity contribution in [3.8, 4) is 11.8 Å². The predicted molar refractivity (Wildman–Crippen MR) is 143 cm³/mol. The molecule has 0 aliphatic carbocycles. The Morgan fingerprint density at radius 2 is 1.57 bits per heavy atom. The van der Waals surface area contributed by atoms with Crippen LogP contribution in [0.2, 0.25) is 0 Å². The molecule has 3 rings (SSSR count). The molecule has 1 atom stereocenters. The van der Waals surface area contributed by atoms with E-state index in [1.165, 1.54) is 5.56 Å². The van der Waals surface area contributed by atoms with Crippen molar-refractivity contribution in [1.82, 2.24) is 5.32 Å². The average molecular weight is 490 g/mol. The number of urea groups is 1. The van der Waals surface area contributed by atoms with E-state index >= 15 is 0 Å². The van der Waals surface area contributed by atoms with Gasteiger partial charge in [-0.2, -0.15) is 0 Å². The molecule has 0 heterocycles. The van der Waals surface area contributed by atoms with Gasteiger partial charge in [-0.25, -0.2) is 13.2 Å². The molecule has 0 spiro atoms. The fraction of sp³-hybridized carbons (Fsp3) is 0.250. The number of benzene rings is 3. The number of nitrogens with one attached hydrogen (secondary N) is 3. The lowest BCUT2D eigenvalue weighted by Gasteiger charge is -2.20. The van der Waals surface area contributed by atoms with Crippen molar-refractivity contribution in [2.24, 2.45) is 0 Å². The Bertz CT molecular complexity index is 1350. The van der Waals surface area contributed by atoms with E-state index in [1.54, 1.807) is 18.2 Å². The molecule has 6 nitrogen and oxygen atoms in total. The van der Waals surface area contributed by atoms with Crippen LogP contribution < -0.4 is 15.4 Å². The maximum absolute atomic E-state index is 12.6. The minimum absolute atomic E-state index is 0.0363. The van der Waals surface area contributed by atoms with Crippen molar-refractivity contribution in [1.29, 1.82) is 0 Å². The van der Waals surface area contributed by atoms with Gasteiger partial charge >= 0.3 is 6.03 Å². The molecule has 35 heavy (non-hydrogen) atoms. The zero-order chi connectivity index (χ0) is 25.6. The van der Waals surface area contributed by atoms with Crippen LogP contribution in [0.25, 0.3) is 0 Å². The number of anilines is 2. The van der Waals surface area contributed by atoms with Crippen molar-refractivity contribution in [3.63, 3.8) is 0 Å². The van der Waals surface area contributed by atoms with E-state index in [2.05, 4.69) is 48.0 Å². The first-order chi connectivity index (χ1) is 16.4. The van der Waals surface area contributed by atoms with E-state index in [0.29, 0.717) is 16.9 Å². The summed E-state index contributed by atoms with van der Waals surface area (Å²) in [6, 6.07) is 21.7. The highest BCUT2D eigenvalue weighted by molar-refractivity contribution is 7.92. The number of carbonyl (C=O) groups excluding carboxylic acids is 1. The topological polar surface area (TPSA) is 87.3 Å². The fourth-order valence-electron chi connectivity index (χ4n) is 3.39. The van der Waals surface area contributed by atoms with Gasteiger partial charge in [-0.1, -0.05) is 69.0 Å². The van der Waals surface area contributed by atoms with Gasteiger partial charge in [0.1, 0.15) is 0 Å². The first-order valence-corrected chi connectivity index (χ1v) is 13.2. The van der Waals surface area contributed by atoms with Gasteiger partial charge in [-0.3, -0.25) is 4.72 Å². The van der Waals surface area contributed by atoms with Crippen LogP contribution in [-0.4, -0.2) is 20.7 Å². The van der Waals surface area contributed by atoms with Gasteiger partial charge in [-0.05, 0) is 59.9 Å². The van der Waals surface area contributed by atoms with Crippen LogP contribution in [-0.2, 0) is 15.4 Å². The van der Waals surface area contributed by atoms with Crippen LogP contribution in [0.3, 0.4) is 0 Å². The third-order valence-electron chi connectivity index (χ3n) is 5.31. The maximum atomic E-state index is 12.6. The van der Waals surface area contributed by atoms with E-state index in [9.17, 15) is 13.2 Å². The van der Waals surface area contributed by atoms with Crippen molar-refractivity contribution >= 4 is 27.4 Å². The van der Waals surface area contributed by atoms with Crippen molar-refractivity contribution in [2.45, 2.75) is 39.2 Å². The average Bonchev–Trinajstić information content (AvgIpc) is 2.77. The van der Waals surface area contributed by atoms with E-state index < -0.39 is 10.0 Å². The molecule has 7 heteroatoms. The number of hydrogen-bond acceptors (Lipinski definition) is 3. The molecule has 0 saturated carbocycles. The van der Waals surface area contributed by atoms with E-state index in [4.69, 9.17) is 0 Å². The van der Waals surface area contributed by atoms with Gasteiger partial charge in [0.05, 0.1) is 18.0 Å². The lowest BCUT2D eigenvalue weighted by atomic mass is 9.87. The van der Waals surface area contributed by atoms with Crippen LogP contribution in [0.4, 0.5) is 16.2 Å². The Labute approximate surface area is 208 Å². The second kappa shape index (κ2) is 10.7. The summed E-state index contributed by atoms with van der Waals surface area (Å²) >= 11 is 0. The van der Waals surface area contributed by atoms with Crippen LogP contribution in [0, 0.1) is 11.8 Å². The molecule has 0 aromatic heterocycles. The summed E-state index contributed by atoms with van der Waals surface area (Å²) < 4.78 is 26.1. The molecule has 0 fully saturated rings. The Balaban J connectivity index is 1.78. The number of carbonyl (C=O) groups is 1. The third kappa shape index (κ3) is 7.90. The highest BCUT2D eigenvalue weighted by Crippen LogP contribution is 2.24. The van der Waals surface area contributed by atoms with Crippen LogP contribution >= 0.6 is 0 Å². The molecule has 0 aliphatic heterocycles. The van der Waals surface area contributed by atoms with Crippen molar-refractivity contribution < 1.29 is 13.2 Å². The molecule has 2 amide bonds. The van der Waals surface area contributed by atoms with Gasteiger partial charge in [0.15, 0.2) is 0 Å². The lowest BCUT2D eigenvalue weighted by molar-refractivity contribution is 0.249. The van der Waals surface area contributed by atoms with Crippen molar-refractivity contribution in [2.75, 3.05) is 16.3 Å². The second-order valence-electron chi connectivity index (χ2n) is 9.44. The number of sulfonamides is 1. The SMILES string of the molecule is CC(NC(=O)Nc1ccc(C(C)(C)C)cc1)c1ccc(NS(C)(=O)=O)c(C#Cc2ccccc2)c1. The van der Waals surface area contributed by atoms with Gasteiger partial charge in [0.2, 0.25) is 10.0 Å². The smallest absolute Gasteiger partial charge is 0.319 e. The fourth-order valence-corrected chi connectivity index (χ4v) is 3.96. The summed E-state index contributed by atoms with van der Waals surface area (Å²) in [5.41, 5.74) is 4.42. The Kier molecular flexibility index (Phi) is 7.88. The van der Waals surface area contributed by atoms with Gasteiger partial charge in [0.25, 0.3) is 0 Å². The number of rotatable bonds is 5. The van der Waals surface area contributed by atoms with Crippen LogP contribution in [0.5, 0.6) is 0 Å². The largest absolute Gasteiger partial charge is 0.331 e. The van der Waals surface area contributed by atoms with Crippen LogP contribution in [0.15, 0.2) is 72.8 Å². The summed E-state index contributed by atoms with van der Waals surface area (Å²) in [5.74, 6) is 6.11. The van der Waals surface area contributed by atoms with E-state index in [1.807, 2.05) is 61.5 Å². The van der Waals surface area contributed by atoms with Gasteiger partial charge in [-0.15, -0.1) is 0 Å². The molecule has 3 N–H and O–H groups in total. The Morgan fingerprint density at radius 3 is 2.17 bits per heavy atom. The molecule has 0 aliphatic rings. The molecule has 0 radical (unpaired) electrons. The van der Waals surface area contributed by atoms with E-state index in [0.717, 1.165) is 17.4 Å². The second-order valence-corrected chi connectivity index (χ2v) is 11.2. The predicted octanol–water partition coefficient (Wildman–Crippen LogP) is 5.64. The normalized spacial score (nSPS) is 12.1. The van der Waals surface area contributed by atoms with Gasteiger partial charge < -0.3 is 10.6 Å². The van der Waals surface area contributed by atoms with Crippen molar-refractivity contribution in [3.05, 3.63) is 95.1 Å². The Morgan fingerprint density at radius 1 is 0.914 bits per heavy atom. The molecule has 3 aromatic carbocycles. The first kappa shape index (κ1) is 25.9. The Hall–Kier alpha value is -3.76. The quantitative estimate of drug-likeness (QED) is 0.406. The highest BCUT2D eigenvalue weighted by atomic mass is 32.2. The third-order valence-corrected chi connectivity index (χ3v) is 5.90. The minimum atomic E-state index is -3.48. The lowest BCUT2D eigenvalue weighted by Crippen LogP contribution is -2.31. The molecular formula is C28H31N3O3S. The minimum Gasteiger partial charge on any atom is -0.331 e. The molecule has 1 unspecified atom stereocenters. The molecule has 0 saturated heterocycles. The maximum Gasteiger partial charge on any atom is 0.319 e. The standard InChI is InChI=1S/C28H31N3O3S/c1-20(29-27(32)30-25-16-14-24(15-17-25)28(2,3)4)22-13-18-26(31-35(5,33)34)23(19-22)12-11-21-9-7-6-8-10-21/h6-10,13-20,31H,1-5H3,(H2,29,30,32). The number of hydrogen-bond donors (Lipinski definition) is 3. The molecule has 0 bridgehead atoms. The zero-order valence-corrected chi connectivity index (χ0v) is 21.5. The van der Waals surface area contributed by atoms with E-state index in [-0.39, 0.29) is 17.5 Å². The molecule has 182 valence electrons. The summed E-state index contributed by atoms with van der Waals surface area (Å²) in [6.45, 7) is 8.27. The van der Waals surface area contributed by atoms with Gasteiger partial charge in [0, 0.05) is 16.8 Å². The summed E-state index contributed by atoms with van der Waals surface area (Å²) in [4.78, 5) is 12.6. The highest BCUT2D eigenvalue weighted by Gasteiger charge is 2.15. The monoisotopic (exact) mass is 489 g/mol. The molecule has 3 aromatic rings. The summed E-state index contributed by atoms with van der Waals surface area (Å²) in [7, 11) is -3.48. The zero-order valence-electron chi connectivity index (χ0n) is 20.6. The first-order valence-electron chi connectivity index (χ1n) is 11.3. The summed E-state index contributed by atoms with van der Waals surface area (Å²) in [5, 5.41) is 5.78. The number of amides is 2. The summed E-state index contributed by atoms with van der Waals surface area (Å²) in [6.07, 6.45) is 1.10. The molecular weight excluding hydrogens is 458 g/mol. The van der Waals surface area contributed by atoms with Crippen LogP contribution in [0.1, 0.15) is 56.0 Å².